The van der Waals surface area contributed by atoms with Gasteiger partial charge in [-0.25, -0.2) is 0 Å². The lowest BCUT2D eigenvalue weighted by atomic mass is 10.0. The Morgan fingerprint density at radius 1 is 1.16 bits per heavy atom. The Morgan fingerprint density at radius 3 is 2.88 bits per heavy atom. The number of hydrogen-bond acceptors (Lipinski definition) is 5. The van der Waals surface area contributed by atoms with Crippen LogP contribution in [-0.4, -0.2) is 6.79 Å². The fraction of sp³-hybridized carbons (Fsp3) is 0.105. The van der Waals surface area contributed by atoms with Crippen LogP contribution in [0.1, 0.15) is 11.1 Å². The normalized spacial score (nSPS) is 12.0. The summed E-state index contributed by atoms with van der Waals surface area (Å²) in [6.07, 6.45) is 0. The average molecular weight is 370 g/mol. The van der Waals surface area contributed by atoms with E-state index in [9.17, 15) is 5.26 Å². The van der Waals surface area contributed by atoms with Crippen LogP contribution in [0.3, 0.4) is 0 Å². The first-order valence-electron chi connectivity index (χ1n) is 7.53. The third-order valence-electron chi connectivity index (χ3n) is 3.81. The van der Waals surface area contributed by atoms with Crippen molar-refractivity contribution in [2.24, 2.45) is 0 Å². The lowest BCUT2D eigenvalue weighted by Gasteiger charge is -2.06. The Kier molecular flexibility index (Phi) is 4.22. The molecular weight excluding hydrogens is 358 g/mol. The molecule has 25 heavy (non-hydrogen) atoms. The summed E-state index contributed by atoms with van der Waals surface area (Å²) in [6.45, 7) is 0.581. The summed E-state index contributed by atoms with van der Waals surface area (Å²) in [4.78, 5) is 0. The van der Waals surface area contributed by atoms with Crippen LogP contribution < -0.4 is 14.2 Å². The van der Waals surface area contributed by atoms with E-state index < -0.39 is 0 Å². The Hall–Kier alpha value is -2.68. The molecule has 1 aliphatic heterocycles. The fourth-order valence-corrected chi connectivity index (χ4v) is 3.70. The van der Waals surface area contributed by atoms with Gasteiger partial charge in [0, 0.05) is 16.0 Å². The SMILES string of the molecule is N#Cc1c(-c2ccc3c(c2)OCO3)csc1OCc1cccc(Cl)c1. The number of fused-ring (bicyclic) bond motifs is 1. The Morgan fingerprint density at radius 2 is 2.04 bits per heavy atom. The largest absolute Gasteiger partial charge is 0.478 e. The number of benzene rings is 2. The summed E-state index contributed by atoms with van der Waals surface area (Å²) in [6, 6.07) is 15.4. The van der Waals surface area contributed by atoms with E-state index >= 15 is 0 Å². The second-order valence-corrected chi connectivity index (χ2v) is 6.69. The zero-order chi connectivity index (χ0) is 17.2. The monoisotopic (exact) mass is 369 g/mol. The molecule has 1 aliphatic rings. The molecule has 124 valence electrons. The van der Waals surface area contributed by atoms with Gasteiger partial charge in [0.05, 0.1) is 0 Å². The second kappa shape index (κ2) is 6.67. The Balaban J connectivity index is 1.60. The lowest BCUT2D eigenvalue weighted by molar-refractivity contribution is 0.174. The molecule has 1 aromatic heterocycles. The van der Waals surface area contributed by atoms with Crippen LogP contribution in [0.25, 0.3) is 11.1 Å². The molecule has 3 aromatic rings. The Labute approximate surface area is 153 Å². The van der Waals surface area contributed by atoms with Gasteiger partial charge in [0.15, 0.2) is 16.6 Å². The van der Waals surface area contributed by atoms with E-state index in [4.69, 9.17) is 25.8 Å². The highest BCUT2D eigenvalue weighted by molar-refractivity contribution is 7.12. The van der Waals surface area contributed by atoms with E-state index in [-0.39, 0.29) is 6.79 Å². The molecule has 0 fully saturated rings. The summed E-state index contributed by atoms with van der Waals surface area (Å²) in [5.74, 6) is 1.41. The standard InChI is InChI=1S/C19H12ClNO3S/c20-14-3-1-2-12(6-14)9-22-19-15(8-21)16(10-25-19)13-4-5-17-18(7-13)24-11-23-17/h1-7,10H,9,11H2. The molecule has 0 bridgehead atoms. The summed E-state index contributed by atoms with van der Waals surface area (Å²) in [7, 11) is 0. The van der Waals surface area contributed by atoms with Gasteiger partial charge in [-0.2, -0.15) is 5.26 Å². The number of halogens is 1. The minimum absolute atomic E-state index is 0.224. The van der Waals surface area contributed by atoms with Gasteiger partial charge in [0.25, 0.3) is 0 Å². The van der Waals surface area contributed by atoms with Gasteiger partial charge in [0.2, 0.25) is 6.79 Å². The van der Waals surface area contributed by atoms with E-state index in [2.05, 4.69) is 6.07 Å². The molecule has 6 heteroatoms. The minimum atomic E-state index is 0.224. The smallest absolute Gasteiger partial charge is 0.231 e. The fourth-order valence-electron chi connectivity index (χ4n) is 2.60. The van der Waals surface area contributed by atoms with E-state index in [1.54, 1.807) is 0 Å². The highest BCUT2D eigenvalue weighted by Crippen LogP contribution is 2.41. The topological polar surface area (TPSA) is 51.5 Å². The molecule has 0 spiro atoms. The van der Waals surface area contributed by atoms with E-state index in [1.165, 1.54) is 11.3 Å². The first-order valence-corrected chi connectivity index (χ1v) is 8.79. The molecule has 0 saturated carbocycles. The number of ether oxygens (including phenoxy) is 3. The van der Waals surface area contributed by atoms with Crippen molar-refractivity contribution in [1.82, 2.24) is 0 Å². The molecule has 2 aromatic carbocycles. The Bertz CT molecular complexity index is 977. The van der Waals surface area contributed by atoms with Crippen molar-refractivity contribution in [3.63, 3.8) is 0 Å². The number of nitrogens with zero attached hydrogens (tertiary/aromatic N) is 1. The van der Waals surface area contributed by atoms with E-state index in [0.717, 1.165) is 22.4 Å². The third-order valence-corrected chi connectivity index (χ3v) is 4.94. The van der Waals surface area contributed by atoms with Gasteiger partial charge in [-0.05, 0) is 35.4 Å². The molecule has 0 radical (unpaired) electrons. The predicted molar refractivity (Wildman–Crippen MR) is 96.4 cm³/mol. The summed E-state index contributed by atoms with van der Waals surface area (Å²) < 4.78 is 16.6. The zero-order valence-electron chi connectivity index (χ0n) is 13.0. The molecule has 0 amide bonds. The molecule has 0 aliphatic carbocycles. The zero-order valence-corrected chi connectivity index (χ0v) is 14.6. The van der Waals surface area contributed by atoms with Crippen molar-refractivity contribution < 1.29 is 14.2 Å². The quantitative estimate of drug-likeness (QED) is 0.630. The molecule has 4 rings (SSSR count). The third kappa shape index (κ3) is 3.14. The first-order chi connectivity index (χ1) is 12.2. The van der Waals surface area contributed by atoms with Crippen LogP contribution in [-0.2, 0) is 6.61 Å². The molecule has 0 atom stereocenters. The van der Waals surface area contributed by atoms with E-state index in [1.807, 2.05) is 47.8 Å². The number of nitriles is 1. The molecule has 0 saturated heterocycles. The highest BCUT2D eigenvalue weighted by atomic mass is 35.5. The van der Waals surface area contributed by atoms with Crippen LogP contribution in [0.4, 0.5) is 0 Å². The predicted octanol–water partition coefficient (Wildman–Crippen LogP) is 5.25. The summed E-state index contributed by atoms with van der Waals surface area (Å²) in [5, 5.41) is 12.8. The molecular formula is C19H12ClNO3S. The lowest BCUT2D eigenvalue weighted by Crippen LogP contribution is -1.95. The second-order valence-electron chi connectivity index (χ2n) is 5.41. The van der Waals surface area contributed by atoms with Crippen LogP contribution in [0.5, 0.6) is 16.6 Å². The van der Waals surface area contributed by atoms with Crippen LogP contribution in [0, 0.1) is 11.3 Å². The van der Waals surface area contributed by atoms with Gasteiger partial charge in [-0.1, -0.05) is 29.8 Å². The van der Waals surface area contributed by atoms with Gasteiger partial charge < -0.3 is 14.2 Å². The highest BCUT2D eigenvalue weighted by Gasteiger charge is 2.18. The van der Waals surface area contributed by atoms with Crippen molar-refractivity contribution in [3.05, 3.63) is 64.0 Å². The van der Waals surface area contributed by atoms with Crippen LogP contribution in [0.2, 0.25) is 5.02 Å². The maximum Gasteiger partial charge on any atom is 0.231 e. The van der Waals surface area contributed by atoms with E-state index in [0.29, 0.717) is 28.0 Å². The first kappa shape index (κ1) is 15.8. The molecule has 4 nitrogen and oxygen atoms in total. The van der Waals surface area contributed by atoms with Crippen molar-refractivity contribution in [1.29, 1.82) is 5.26 Å². The van der Waals surface area contributed by atoms with Crippen molar-refractivity contribution in [2.75, 3.05) is 6.79 Å². The molecule has 0 N–H and O–H groups in total. The average Bonchev–Trinajstić information content (AvgIpc) is 3.25. The number of hydrogen-bond donors (Lipinski definition) is 0. The van der Waals surface area contributed by atoms with Gasteiger partial charge >= 0.3 is 0 Å². The minimum Gasteiger partial charge on any atom is -0.478 e. The van der Waals surface area contributed by atoms with Crippen LogP contribution >= 0.6 is 22.9 Å². The number of rotatable bonds is 4. The van der Waals surface area contributed by atoms with Crippen LogP contribution in [0.15, 0.2) is 47.8 Å². The van der Waals surface area contributed by atoms with Gasteiger partial charge in [-0.3, -0.25) is 0 Å². The van der Waals surface area contributed by atoms with Crippen molar-refractivity contribution in [3.8, 4) is 33.8 Å². The number of thiophene rings is 1. The van der Waals surface area contributed by atoms with Crippen molar-refractivity contribution in [2.45, 2.75) is 6.61 Å². The van der Waals surface area contributed by atoms with Gasteiger partial charge in [-0.15, -0.1) is 11.3 Å². The van der Waals surface area contributed by atoms with Crippen molar-refractivity contribution >= 4 is 22.9 Å². The maximum absolute atomic E-state index is 9.58. The summed E-state index contributed by atoms with van der Waals surface area (Å²) >= 11 is 7.39. The van der Waals surface area contributed by atoms with Gasteiger partial charge in [0.1, 0.15) is 18.2 Å². The molecule has 0 unspecified atom stereocenters. The maximum atomic E-state index is 9.58. The summed E-state index contributed by atoms with van der Waals surface area (Å²) in [5.41, 5.74) is 3.20. The molecule has 2 heterocycles.